The van der Waals surface area contributed by atoms with Crippen molar-refractivity contribution in [2.45, 2.75) is 0 Å². The van der Waals surface area contributed by atoms with E-state index in [4.69, 9.17) is 4.42 Å². The topological polar surface area (TPSA) is 37.5 Å². The summed E-state index contributed by atoms with van der Waals surface area (Å²) in [6.07, 6.45) is 3.34. The largest absolute Gasteiger partial charge is 0.463 e. The summed E-state index contributed by atoms with van der Waals surface area (Å²) < 4.78 is 5.20. The highest BCUT2D eigenvalue weighted by atomic mass is 16.3. The fourth-order valence-electron chi connectivity index (χ4n) is 1.82. The number of para-hydroxylation sites is 1. The zero-order chi connectivity index (χ0) is 13.6. The van der Waals surface area contributed by atoms with Gasteiger partial charge in [0.05, 0.1) is 18.2 Å². The van der Waals surface area contributed by atoms with Crippen LogP contribution < -0.4 is 5.32 Å². The van der Waals surface area contributed by atoms with Crippen LogP contribution in [0.4, 0.5) is 17.1 Å². The van der Waals surface area contributed by atoms with Crippen molar-refractivity contribution >= 4 is 23.3 Å². The zero-order valence-electron chi connectivity index (χ0n) is 10.9. The van der Waals surface area contributed by atoms with Gasteiger partial charge in [-0.3, -0.25) is 4.99 Å². The van der Waals surface area contributed by atoms with E-state index in [1.807, 2.05) is 66.7 Å². The number of furan rings is 1. The SMILES string of the molecule is C(=Nc1ccc(Nc2ccccc2)cc1)c1ccco1. The maximum Gasteiger partial charge on any atom is 0.144 e. The smallest absolute Gasteiger partial charge is 0.144 e. The Hall–Kier alpha value is -2.81. The van der Waals surface area contributed by atoms with Crippen molar-refractivity contribution in [1.29, 1.82) is 0 Å². The number of hydrogen-bond donors (Lipinski definition) is 1. The van der Waals surface area contributed by atoms with Crippen LogP contribution in [0.1, 0.15) is 5.76 Å². The van der Waals surface area contributed by atoms with Crippen LogP contribution in [-0.4, -0.2) is 6.21 Å². The summed E-state index contributed by atoms with van der Waals surface area (Å²) in [5.74, 6) is 0.747. The van der Waals surface area contributed by atoms with Crippen LogP contribution in [0.25, 0.3) is 0 Å². The lowest BCUT2D eigenvalue weighted by molar-refractivity contribution is 0.560. The number of benzene rings is 2. The Bertz CT molecular complexity index is 671. The minimum atomic E-state index is 0.747. The molecule has 0 amide bonds. The Balaban J connectivity index is 1.68. The van der Waals surface area contributed by atoms with E-state index < -0.39 is 0 Å². The quantitative estimate of drug-likeness (QED) is 0.687. The average Bonchev–Trinajstić information content (AvgIpc) is 3.01. The fourth-order valence-corrected chi connectivity index (χ4v) is 1.82. The van der Waals surface area contributed by atoms with Gasteiger partial charge in [0.15, 0.2) is 0 Å². The average molecular weight is 262 g/mol. The van der Waals surface area contributed by atoms with Crippen molar-refractivity contribution < 1.29 is 4.42 Å². The van der Waals surface area contributed by atoms with E-state index in [2.05, 4.69) is 10.3 Å². The number of anilines is 2. The molecule has 0 saturated heterocycles. The maximum absolute atomic E-state index is 5.20. The molecule has 0 atom stereocenters. The molecular weight excluding hydrogens is 248 g/mol. The van der Waals surface area contributed by atoms with Crippen molar-refractivity contribution in [1.82, 2.24) is 0 Å². The van der Waals surface area contributed by atoms with Crippen LogP contribution >= 0.6 is 0 Å². The lowest BCUT2D eigenvalue weighted by Crippen LogP contribution is -1.88. The van der Waals surface area contributed by atoms with Gasteiger partial charge in [-0.2, -0.15) is 0 Å². The van der Waals surface area contributed by atoms with Gasteiger partial charge in [0, 0.05) is 11.4 Å². The summed E-state index contributed by atoms with van der Waals surface area (Å²) >= 11 is 0. The first-order chi connectivity index (χ1) is 9.90. The number of nitrogens with zero attached hydrogens (tertiary/aromatic N) is 1. The normalized spacial score (nSPS) is 10.8. The number of rotatable bonds is 4. The molecule has 3 rings (SSSR count). The van der Waals surface area contributed by atoms with Gasteiger partial charge < -0.3 is 9.73 Å². The number of aliphatic imine (C=N–C) groups is 1. The molecule has 0 aliphatic rings. The van der Waals surface area contributed by atoms with Crippen molar-refractivity contribution in [2.24, 2.45) is 4.99 Å². The molecule has 0 unspecified atom stereocenters. The molecule has 1 heterocycles. The van der Waals surface area contributed by atoms with Crippen molar-refractivity contribution in [3.8, 4) is 0 Å². The molecule has 3 aromatic rings. The summed E-state index contributed by atoms with van der Waals surface area (Å²) in [6, 6.07) is 21.7. The Morgan fingerprint density at radius 1 is 0.800 bits per heavy atom. The van der Waals surface area contributed by atoms with E-state index in [1.54, 1.807) is 12.5 Å². The molecule has 98 valence electrons. The molecular formula is C17H14N2O. The van der Waals surface area contributed by atoms with E-state index in [0.717, 1.165) is 22.8 Å². The Kier molecular flexibility index (Phi) is 3.60. The summed E-state index contributed by atoms with van der Waals surface area (Å²) in [5.41, 5.74) is 2.99. The van der Waals surface area contributed by atoms with Gasteiger partial charge in [0.1, 0.15) is 5.76 Å². The standard InChI is InChI=1S/C17H14N2O/c1-2-5-15(6-3-1)19-16-10-8-14(9-11-16)18-13-17-7-4-12-20-17/h1-13,19H. The third-order valence-electron chi connectivity index (χ3n) is 2.81. The number of hydrogen-bond acceptors (Lipinski definition) is 3. The lowest BCUT2D eigenvalue weighted by Gasteiger charge is -2.05. The Labute approximate surface area is 117 Å². The molecule has 0 fully saturated rings. The predicted molar refractivity (Wildman–Crippen MR) is 82.1 cm³/mol. The van der Waals surface area contributed by atoms with E-state index in [0.29, 0.717) is 0 Å². The molecule has 1 aromatic heterocycles. The highest BCUT2D eigenvalue weighted by molar-refractivity contribution is 5.78. The zero-order valence-corrected chi connectivity index (χ0v) is 10.9. The molecule has 1 N–H and O–H groups in total. The molecule has 20 heavy (non-hydrogen) atoms. The second kappa shape index (κ2) is 5.89. The molecule has 0 saturated carbocycles. The van der Waals surface area contributed by atoms with Gasteiger partial charge in [-0.05, 0) is 48.5 Å². The van der Waals surface area contributed by atoms with Crippen LogP contribution in [0.2, 0.25) is 0 Å². The molecule has 0 aliphatic carbocycles. The first-order valence-electron chi connectivity index (χ1n) is 6.40. The van der Waals surface area contributed by atoms with Crippen molar-refractivity contribution in [3.63, 3.8) is 0 Å². The van der Waals surface area contributed by atoms with Crippen molar-refractivity contribution in [3.05, 3.63) is 78.8 Å². The van der Waals surface area contributed by atoms with E-state index in [1.165, 1.54) is 0 Å². The Morgan fingerprint density at radius 3 is 2.25 bits per heavy atom. The van der Waals surface area contributed by atoms with Gasteiger partial charge in [-0.15, -0.1) is 0 Å². The van der Waals surface area contributed by atoms with E-state index in [9.17, 15) is 0 Å². The molecule has 0 aliphatic heterocycles. The molecule has 3 heteroatoms. The van der Waals surface area contributed by atoms with Crippen LogP contribution in [0, 0.1) is 0 Å². The van der Waals surface area contributed by atoms with Gasteiger partial charge in [0.2, 0.25) is 0 Å². The minimum absolute atomic E-state index is 0.747. The van der Waals surface area contributed by atoms with Crippen LogP contribution in [0.5, 0.6) is 0 Å². The monoisotopic (exact) mass is 262 g/mol. The summed E-state index contributed by atoms with van der Waals surface area (Å²) in [7, 11) is 0. The Morgan fingerprint density at radius 2 is 1.55 bits per heavy atom. The molecule has 0 spiro atoms. The van der Waals surface area contributed by atoms with Crippen LogP contribution in [0.15, 0.2) is 82.4 Å². The fraction of sp³-hybridized carbons (Fsp3) is 0. The van der Waals surface area contributed by atoms with Gasteiger partial charge in [0.25, 0.3) is 0 Å². The summed E-state index contributed by atoms with van der Waals surface area (Å²) in [4.78, 5) is 4.35. The lowest BCUT2D eigenvalue weighted by atomic mass is 10.2. The first-order valence-corrected chi connectivity index (χ1v) is 6.40. The highest BCUT2D eigenvalue weighted by Gasteiger charge is 1.95. The van der Waals surface area contributed by atoms with Crippen molar-refractivity contribution in [2.75, 3.05) is 5.32 Å². The second-order valence-corrected chi connectivity index (χ2v) is 4.31. The first kappa shape index (κ1) is 12.2. The highest BCUT2D eigenvalue weighted by Crippen LogP contribution is 2.20. The summed E-state index contributed by atoms with van der Waals surface area (Å²) in [5, 5.41) is 3.33. The van der Waals surface area contributed by atoms with Gasteiger partial charge >= 0.3 is 0 Å². The predicted octanol–water partition coefficient (Wildman–Crippen LogP) is 4.77. The molecule has 0 radical (unpaired) electrons. The third kappa shape index (κ3) is 3.14. The second-order valence-electron chi connectivity index (χ2n) is 4.31. The van der Waals surface area contributed by atoms with E-state index >= 15 is 0 Å². The van der Waals surface area contributed by atoms with Gasteiger partial charge in [-0.25, -0.2) is 0 Å². The summed E-state index contributed by atoms with van der Waals surface area (Å²) in [6.45, 7) is 0. The molecule has 2 aromatic carbocycles. The van der Waals surface area contributed by atoms with E-state index in [-0.39, 0.29) is 0 Å². The van der Waals surface area contributed by atoms with Crippen LogP contribution in [0.3, 0.4) is 0 Å². The minimum Gasteiger partial charge on any atom is -0.463 e. The molecule has 3 nitrogen and oxygen atoms in total. The third-order valence-corrected chi connectivity index (χ3v) is 2.81. The molecule has 0 bridgehead atoms. The maximum atomic E-state index is 5.20. The van der Waals surface area contributed by atoms with Crippen LogP contribution in [-0.2, 0) is 0 Å². The van der Waals surface area contributed by atoms with Gasteiger partial charge in [-0.1, -0.05) is 18.2 Å². The number of nitrogens with one attached hydrogen (secondary N) is 1.